The second-order valence-electron chi connectivity index (χ2n) is 8.14. The molecule has 28 heavy (non-hydrogen) atoms. The fraction of sp³-hybridized carbons (Fsp3) is 0.0714. The van der Waals surface area contributed by atoms with Gasteiger partial charge in [-0.2, -0.15) is 0 Å². The van der Waals surface area contributed by atoms with E-state index in [1.165, 1.54) is 61.2 Å². The highest BCUT2D eigenvalue weighted by Gasteiger charge is 2.35. The highest BCUT2D eigenvalue weighted by atomic mass is 14.4. The summed E-state index contributed by atoms with van der Waals surface area (Å²) in [7, 11) is 0. The van der Waals surface area contributed by atoms with Gasteiger partial charge in [-0.1, -0.05) is 72.8 Å². The molecule has 0 nitrogen and oxygen atoms in total. The van der Waals surface area contributed by atoms with E-state index in [1.807, 2.05) is 0 Å². The van der Waals surface area contributed by atoms with Crippen LogP contribution in [0, 0.1) is 0 Å². The first-order valence-electron chi connectivity index (χ1n) is 10.0. The molecule has 3 aliphatic carbocycles. The molecule has 130 valence electrons. The number of allylic oxidation sites excluding steroid dienone is 1. The molecule has 0 N–H and O–H groups in total. The molecule has 0 bridgehead atoms. The Morgan fingerprint density at radius 1 is 0.536 bits per heavy atom. The summed E-state index contributed by atoms with van der Waals surface area (Å²) in [5.74, 6) is 0.356. The van der Waals surface area contributed by atoms with Crippen LogP contribution in [0.3, 0.4) is 0 Å². The molecular formula is C28H18. The number of hydrogen-bond acceptors (Lipinski definition) is 0. The van der Waals surface area contributed by atoms with E-state index in [0.717, 1.165) is 6.42 Å². The Hall–Kier alpha value is -3.38. The predicted octanol–water partition coefficient (Wildman–Crippen LogP) is 6.92. The van der Waals surface area contributed by atoms with Crippen molar-refractivity contribution in [1.82, 2.24) is 0 Å². The van der Waals surface area contributed by atoms with Crippen LogP contribution < -0.4 is 0 Å². The van der Waals surface area contributed by atoms with Gasteiger partial charge in [-0.05, 0) is 85.8 Å². The number of hydrogen-bond donors (Lipinski definition) is 0. The zero-order chi connectivity index (χ0) is 18.2. The molecule has 1 atom stereocenters. The van der Waals surface area contributed by atoms with Crippen LogP contribution in [-0.4, -0.2) is 0 Å². The molecular weight excluding hydrogens is 336 g/mol. The summed E-state index contributed by atoms with van der Waals surface area (Å²) >= 11 is 0. The molecule has 7 rings (SSSR count). The van der Waals surface area contributed by atoms with Gasteiger partial charge in [0.2, 0.25) is 0 Å². The Morgan fingerprint density at radius 3 is 2.21 bits per heavy atom. The highest BCUT2D eigenvalue weighted by molar-refractivity contribution is 6.03. The Morgan fingerprint density at radius 2 is 1.29 bits per heavy atom. The maximum Gasteiger partial charge on any atom is 0.0358 e. The van der Waals surface area contributed by atoms with Gasteiger partial charge < -0.3 is 0 Å². The van der Waals surface area contributed by atoms with Crippen molar-refractivity contribution in [2.45, 2.75) is 12.3 Å². The number of fused-ring (bicyclic) bond motifs is 11. The molecule has 0 saturated carbocycles. The summed E-state index contributed by atoms with van der Waals surface area (Å²) in [6.07, 6.45) is 3.46. The highest BCUT2D eigenvalue weighted by Crippen LogP contribution is 2.55. The number of benzene rings is 4. The molecule has 0 spiro atoms. The van der Waals surface area contributed by atoms with Crippen LogP contribution in [0.25, 0.3) is 33.9 Å². The van der Waals surface area contributed by atoms with Crippen molar-refractivity contribution < 1.29 is 0 Å². The average Bonchev–Trinajstić information content (AvgIpc) is 3.31. The molecule has 0 amide bonds. The lowest BCUT2D eigenvalue weighted by Gasteiger charge is -2.29. The lowest BCUT2D eigenvalue weighted by atomic mass is 9.74. The maximum atomic E-state index is 2.47. The minimum Gasteiger partial charge on any atom is -0.0619 e. The van der Waals surface area contributed by atoms with Crippen LogP contribution in [-0.2, 0) is 6.42 Å². The Kier molecular flexibility index (Phi) is 2.67. The molecule has 3 aliphatic rings. The smallest absolute Gasteiger partial charge is 0.0358 e. The van der Waals surface area contributed by atoms with Crippen LogP contribution in [0.2, 0.25) is 0 Å². The van der Waals surface area contributed by atoms with Crippen molar-refractivity contribution in [3.8, 4) is 22.3 Å². The van der Waals surface area contributed by atoms with E-state index in [0.29, 0.717) is 5.92 Å². The Bertz CT molecular complexity index is 1340. The molecule has 0 heterocycles. The largest absolute Gasteiger partial charge is 0.0619 e. The second-order valence-corrected chi connectivity index (χ2v) is 8.14. The van der Waals surface area contributed by atoms with Gasteiger partial charge in [0.15, 0.2) is 0 Å². The van der Waals surface area contributed by atoms with Gasteiger partial charge in [0.05, 0.1) is 0 Å². The van der Waals surface area contributed by atoms with Gasteiger partial charge in [-0.3, -0.25) is 0 Å². The van der Waals surface area contributed by atoms with Gasteiger partial charge in [0, 0.05) is 5.92 Å². The van der Waals surface area contributed by atoms with Crippen molar-refractivity contribution in [3.05, 3.63) is 118 Å². The van der Waals surface area contributed by atoms with Gasteiger partial charge in [-0.25, -0.2) is 0 Å². The van der Waals surface area contributed by atoms with Crippen LogP contribution in [0.1, 0.15) is 39.3 Å². The van der Waals surface area contributed by atoms with E-state index in [4.69, 9.17) is 0 Å². The van der Waals surface area contributed by atoms with E-state index in [-0.39, 0.29) is 0 Å². The molecule has 0 saturated heterocycles. The van der Waals surface area contributed by atoms with E-state index in [2.05, 4.69) is 91.0 Å². The summed E-state index contributed by atoms with van der Waals surface area (Å²) in [5.41, 5.74) is 15.7. The molecule has 0 radical (unpaired) electrons. The third-order valence-corrected chi connectivity index (χ3v) is 6.73. The zero-order valence-corrected chi connectivity index (χ0v) is 15.4. The van der Waals surface area contributed by atoms with Crippen molar-refractivity contribution in [3.63, 3.8) is 0 Å². The standard InChI is InChI=1S/C28H18/c1-3-9-20-17(7-1)13-19-15-25-22-11-5-6-12-23(22)28-21-10-4-2-8-18(21)14-27(28)26(25)16-24(19)20/h1-12,14-16,28H,13H2. The SMILES string of the molecule is C1=C2c3cc4c(cc3-c3ccccc3C2c2ccccc21)Cc1ccccc1-4. The first kappa shape index (κ1) is 14.6. The van der Waals surface area contributed by atoms with E-state index < -0.39 is 0 Å². The summed E-state index contributed by atoms with van der Waals surface area (Å²) < 4.78 is 0. The monoisotopic (exact) mass is 354 g/mol. The summed E-state index contributed by atoms with van der Waals surface area (Å²) in [6, 6.07) is 31.7. The molecule has 0 aliphatic heterocycles. The first-order valence-corrected chi connectivity index (χ1v) is 10.0. The normalized spacial score (nSPS) is 17.0. The van der Waals surface area contributed by atoms with Gasteiger partial charge in [0.25, 0.3) is 0 Å². The minimum atomic E-state index is 0.356. The van der Waals surface area contributed by atoms with Crippen molar-refractivity contribution in [2.24, 2.45) is 0 Å². The molecule has 0 fully saturated rings. The van der Waals surface area contributed by atoms with Crippen molar-refractivity contribution in [2.75, 3.05) is 0 Å². The van der Waals surface area contributed by atoms with Crippen molar-refractivity contribution >= 4 is 11.6 Å². The Labute approximate surface area is 164 Å². The van der Waals surface area contributed by atoms with E-state index in [1.54, 1.807) is 0 Å². The molecule has 4 aromatic carbocycles. The fourth-order valence-corrected chi connectivity index (χ4v) is 5.53. The van der Waals surface area contributed by atoms with Crippen LogP contribution in [0.5, 0.6) is 0 Å². The molecule has 0 aromatic heterocycles. The van der Waals surface area contributed by atoms with Crippen molar-refractivity contribution in [1.29, 1.82) is 0 Å². The zero-order valence-electron chi connectivity index (χ0n) is 15.4. The molecule has 1 unspecified atom stereocenters. The van der Waals surface area contributed by atoms with Crippen LogP contribution in [0.15, 0.2) is 84.9 Å². The second kappa shape index (κ2) is 5.11. The minimum absolute atomic E-state index is 0.356. The molecule has 0 heteroatoms. The number of rotatable bonds is 0. The van der Waals surface area contributed by atoms with Gasteiger partial charge in [0.1, 0.15) is 0 Å². The molecule has 4 aromatic rings. The third kappa shape index (κ3) is 1.75. The summed E-state index contributed by atoms with van der Waals surface area (Å²) in [4.78, 5) is 0. The lowest BCUT2D eigenvalue weighted by molar-refractivity contribution is 1.05. The fourth-order valence-electron chi connectivity index (χ4n) is 5.53. The van der Waals surface area contributed by atoms with E-state index >= 15 is 0 Å². The van der Waals surface area contributed by atoms with Gasteiger partial charge in [-0.15, -0.1) is 0 Å². The third-order valence-electron chi connectivity index (χ3n) is 6.73. The van der Waals surface area contributed by atoms with Gasteiger partial charge >= 0.3 is 0 Å². The topological polar surface area (TPSA) is 0 Å². The first-order chi connectivity index (χ1) is 13.9. The Balaban J connectivity index is 1.56. The van der Waals surface area contributed by atoms with Crippen LogP contribution in [0.4, 0.5) is 0 Å². The quantitative estimate of drug-likeness (QED) is 0.283. The predicted molar refractivity (Wildman–Crippen MR) is 116 cm³/mol. The summed E-state index contributed by atoms with van der Waals surface area (Å²) in [5, 5.41) is 0. The van der Waals surface area contributed by atoms with E-state index in [9.17, 15) is 0 Å². The lowest BCUT2D eigenvalue weighted by Crippen LogP contribution is -2.09. The summed E-state index contributed by atoms with van der Waals surface area (Å²) in [6.45, 7) is 0. The average molecular weight is 354 g/mol. The maximum absolute atomic E-state index is 2.47. The van der Waals surface area contributed by atoms with Crippen LogP contribution >= 0.6 is 0 Å².